The second-order valence-electron chi connectivity index (χ2n) is 3.83. The number of hydrogen-bond donors (Lipinski definition) is 2. The van der Waals surface area contributed by atoms with E-state index >= 15 is 0 Å². The van der Waals surface area contributed by atoms with Gasteiger partial charge in [-0.25, -0.2) is 4.98 Å². The normalized spacial score (nSPS) is 21.2. The summed E-state index contributed by atoms with van der Waals surface area (Å²) < 4.78 is 5.35. The minimum absolute atomic E-state index is 0.377. The van der Waals surface area contributed by atoms with Crippen molar-refractivity contribution in [3.63, 3.8) is 0 Å². The molecular formula is C10H12N4O. The predicted molar refractivity (Wildman–Crippen MR) is 56.5 cm³/mol. The van der Waals surface area contributed by atoms with E-state index in [2.05, 4.69) is 15.2 Å². The Balaban J connectivity index is 2.13. The van der Waals surface area contributed by atoms with E-state index in [1.54, 1.807) is 6.20 Å². The molecule has 1 aliphatic rings. The molecule has 15 heavy (non-hydrogen) atoms. The van der Waals surface area contributed by atoms with Crippen molar-refractivity contribution in [3.8, 4) is 0 Å². The van der Waals surface area contributed by atoms with Gasteiger partial charge in [-0.05, 0) is 12.5 Å². The first-order valence-electron chi connectivity index (χ1n) is 5.02. The number of fused-ring (bicyclic) bond motifs is 1. The van der Waals surface area contributed by atoms with Gasteiger partial charge in [-0.1, -0.05) is 0 Å². The molecule has 5 nitrogen and oxygen atoms in total. The number of anilines is 1. The van der Waals surface area contributed by atoms with Crippen LogP contribution in [0.4, 0.5) is 5.69 Å². The monoisotopic (exact) mass is 204 g/mol. The third kappa shape index (κ3) is 1.35. The highest BCUT2D eigenvalue weighted by molar-refractivity contribution is 5.81. The number of aromatic nitrogens is 3. The van der Waals surface area contributed by atoms with Gasteiger partial charge in [0.15, 0.2) is 5.65 Å². The van der Waals surface area contributed by atoms with Crippen molar-refractivity contribution < 1.29 is 4.74 Å². The van der Waals surface area contributed by atoms with E-state index in [1.807, 2.05) is 6.07 Å². The standard InChI is InChI=1S/C10H12N4O/c11-7-3-8-9(6-1-2-15-5-6)13-14-10(8)12-4-7/h3-4,6H,1-2,5,11H2,(H,12,13,14). The number of ether oxygens (including phenoxy) is 1. The van der Waals surface area contributed by atoms with Gasteiger partial charge in [0.05, 0.1) is 24.2 Å². The van der Waals surface area contributed by atoms with E-state index in [0.29, 0.717) is 11.6 Å². The summed E-state index contributed by atoms with van der Waals surface area (Å²) in [5.41, 5.74) is 8.21. The zero-order valence-corrected chi connectivity index (χ0v) is 8.23. The number of pyridine rings is 1. The summed E-state index contributed by atoms with van der Waals surface area (Å²) in [6.07, 6.45) is 2.66. The first kappa shape index (κ1) is 8.67. The molecule has 2 aromatic rings. The first-order chi connectivity index (χ1) is 7.34. The molecule has 5 heteroatoms. The summed E-state index contributed by atoms with van der Waals surface area (Å²) in [7, 11) is 0. The Labute approximate surface area is 86.6 Å². The Morgan fingerprint density at radius 1 is 1.53 bits per heavy atom. The third-order valence-electron chi connectivity index (χ3n) is 2.78. The molecule has 1 unspecified atom stereocenters. The molecule has 1 atom stereocenters. The molecule has 0 aromatic carbocycles. The number of H-pyrrole nitrogens is 1. The number of nitrogens with two attached hydrogens (primary N) is 1. The van der Waals surface area contributed by atoms with Gasteiger partial charge in [-0.3, -0.25) is 5.10 Å². The van der Waals surface area contributed by atoms with Gasteiger partial charge in [-0.15, -0.1) is 0 Å². The van der Waals surface area contributed by atoms with Crippen molar-refractivity contribution >= 4 is 16.7 Å². The zero-order valence-electron chi connectivity index (χ0n) is 8.23. The Kier molecular flexibility index (Phi) is 1.85. The van der Waals surface area contributed by atoms with E-state index in [9.17, 15) is 0 Å². The topological polar surface area (TPSA) is 76.8 Å². The van der Waals surface area contributed by atoms with E-state index in [4.69, 9.17) is 10.5 Å². The van der Waals surface area contributed by atoms with Gasteiger partial charge in [0.25, 0.3) is 0 Å². The van der Waals surface area contributed by atoms with Crippen LogP contribution >= 0.6 is 0 Å². The van der Waals surface area contributed by atoms with Crippen LogP contribution in [0.2, 0.25) is 0 Å². The Morgan fingerprint density at radius 2 is 2.47 bits per heavy atom. The lowest BCUT2D eigenvalue weighted by molar-refractivity contribution is 0.193. The summed E-state index contributed by atoms with van der Waals surface area (Å²) in [5.74, 6) is 0.377. The highest BCUT2D eigenvalue weighted by Gasteiger charge is 2.22. The quantitative estimate of drug-likeness (QED) is 0.727. The summed E-state index contributed by atoms with van der Waals surface area (Å²) in [6.45, 7) is 1.56. The van der Waals surface area contributed by atoms with E-state index in [0.717, 1.165) is 36.4 Å². The fraction of sp³-hybridized carbons (Fsp3) is 0.400. The fourth-order valence-corrected chi connectivity index (χ4v) is 2.00. The molecule has 0 aliphatic carbocycles. The molecule has 3 rings (SSSR count). The second kappa shape index (κ2) is 3.20. The van der Waals surface area contributed by atoms with Crippen LogP contribution in [0.1, 0.15) is 18.0 Å². The minimum Gasteiger partial charge on any atom is -0.397 e. The summed E-state index contributed by atoms with van der Waals surface area (Å²) >= 11 is 0. The van der Waals surface area contributed by atoms with E-state index < -0.39 is 0 Å². The van der Waals surface area contributed by atoms with Crippen molar-refractivity contribution in [3.05, 3.63) is 18.0 Å². The molecule has 1 aliphatic heterocycles. The highest BCUT2D eigenvalue weighted by atomic mass is 16.5. The van der Waals surface area contributed by atoms with Crippen LogP contribution in [0.15, 0.2) is 12.3 Å². The number of hydrogen-bond acceptors (Lipinski definition) is 4. The van der Waals surface area contributed by atoms with Crippen LogP contribution in [-0.4, -0.2) is 28.4 Å². The number of aromatic amines is 1. The van der Waals surface area contributed by atoms with Crippen LogP contribution in [0.3, 0.4) is 0 Å². The largest absolute Gasteiger partial charge is 0.397 e. The number of rotatable bonds is 1. The second-order valence-corrected chi connectivity index (χ2v) is 3.83. The average Bonchev–Trinajstić information content (AvgIpc) is 2.83. The highest BCUT2D eigenvalue weighted by Crippen LogP contribution is 2.29. The SMILES string of the molecule is Nc1cnc2[nH]nc(C3CCOC3)c2c1. The number of nitrogens with one attached hydrogen (secondary N) is 1. The number of nitrogens with zero attached hydrogens (tertiary/aromatic N) is 2. The van der Waals surface area contributed by atoms with Gasteiger partial charge in [0, 0.05) is 17.9 Å². The van der Waals surface area contributed by atoms with Gasteiger partial charge in [0.2, 0.25) is 0 Å². The van der Waals surface area contributed by atoms with Crippen molar-refractivity contribution in [2.75, 3.05) is 18.9 Å². The molecule has 0 saturated carbocycles. The Hall–Kier alpha value is -1.62. The van der Waals surface area contributed by atoms with Gasteiger partial charge in [-0.2, -0.15) is 5.10 Å². The average molecular weight is 204 g/mol. The van der Waals surface area contributed by atoms with Crippen LogP contribution in [0.25, 0.3) is 11.0 Å². The molecule has 0 bridgehead atoms. The van der Waals surface area contributed by atoms with Gasteiger partial charge >= 0.3 is 0 Å². The molecule has 1 saturated heterocycles. The smallest absolute Gasteiger partial charge is 0.155 e. The lowest BCUT2D eigenvalue weighted by Gasteiger charge is -2.03. The minimum atomic E-state index is 0.377. The summed E-state index contributed by atoms with van der Waals surface area (Å²) in [5, 5.41) is 8.23. The van der Waals surface area contributed by atoms with Crippen molar-refractivity contribution in [1.82, 2.24) is 15.2 Å². The van der Waals surface area contributed by atoms with Crippen LogP contribution in [0.5, 0.6) is 0 Å². The maximum Gasteiger partial charge on any atom is 0.155 e. The molecule has 0 amide bonds. The third-order valence-corrected chi connectivity index (χ3v) is 2.78. The molecule has 78 valence electrons. The summed E-state index contributed by atoms with van der Waals surface area (Å²) in [4.78, 5) is 4.19. The van der Waals surface area contributed by atoms with Crippen LogP contribution < -0.4 is 5.73 Å². The van der Waals surface area contributed by atoms with Crippen molar-refractivity contribution in [1.29, 1.82) is 0 Å². The van der Waals surface area contributed by atoms with Gasteiger partial charge in [0.1, 0.15) is 0 Å². The van der Waals surface area contributed by atoms with Crippen LogP contribution in [0, 0.1) is 0 Å². The van der Waals surface area contributed by atoms with E-state index in [1.165, 1.54) is 0 Å². The first-order valence-corrected chi connectivity index (χ1v) is 5.02. The maximum absolute atomic E-state index is 5.72. The molecule has 2 aromatic heterocycles. The van der Waals surface area contributed by atoms with Crippen LogP contribution in [-0.2, 0) is 4.74 Å². The lowest BCUT2D eigenvalue weighted by atomic mass is 10.0. The molecule has 0 spiro atoms. The lowest BCUT2D eigenvalue weighted by Crippen LogP contribution is -1.98. The van der Waals surface area contributed by atoms with Crippen molar-refractivity contribution in [2.24, 2.45) is 0 Å². The van der Waals surface area contributed by atoms with Gasteiger partial charge < -0.3 is 10.5 Å². The zero-order chi connectivity index (χ0) is 10.3. The van der Waals surface area contributed by atoms with Crippen molar-refractivity contribution in [2.45, 2.75) is 12.3 Å². The molecular weight excluding hydrogens is 192 g/mol. The molecule has 3 heterocycles. The van der Waals surface area contributed by atoms with E-state index in [-0.39, 0.29) is 0 Å². The Bertz CT molecular complexity index is 487. The summed E-state index contributed by atoms with van der Waals surface area (Å²) in [6, 6.07) is 1.92. The maximum atomic E-state index is 5.72. The molecule has 3 N–H and O–H groups in total. The molecule has 1 fully saturated rings. The fourth-order valence-electron chi connectivity index (χ4n) is 2.00. The number of nitrogen functional groups attached to an aromatic ring is 1. The Morgan fingerprint density at radius 3 is 3.27 bits per heavy atom. The predicted octanol–water partition coefficient (Wildman–Crippen LogP) is 1.04. The molecule has 0 radical (unpaired) electrons.